The molecule has 7 aromatic rings. The van der Waals surface area contributed by atoms with Crippen LogP contribution in [0.4, 0.5) is 0 Å². The minimum atomic E-state index is -4.94. The van der Waals surface area contributed by atoms with E-state index in [9.17, 15) is 0 Å². The van der Waals surface area contributed by atoms with E-state index in [1.54, 1.807) is 0 Å². The fourth-order valence-corrected chi connectivity index (χ4v) is 4.99. The van der Waals surface area contributed by atoms with Gasteiger partial charge in [-0.2, -0.15) is 0 Å². The molecule has 3 aromatic heterocycles. The Balaban J connectivity index is 0.000000401. The average molecular weight is 729 g/mol. The first-order valence-corrected chi connectivity index (χ1v) is 15.6. The third kappa shape index (κ3) is 8.65. The maximum absolute atomic E-state index is 8.49. The molecule has 0 aliphatic heterocycles. The van der Waals surface area contributed by atoms with Crippen LogP contribution in [0.5, 0.6) is 0 Å². The van der Waals surface area contributed by atoms with Gasteiger partial charge >= 0.3 is 17.1 Å². The molecule has 0 spiro atoms. The second-order valence-corrected chi connectivity index (χ2v) is 11.2. The van der Waals surface area contributed by atoms with Gasteiger partial charge in [-0.25, -0.2) is 47.2 Å². The maximum atomic E-state index is 8.49. The smallest absolute Gasteiger partial charge is 0.327 e. The van der Waals surface area contributed by atoms with Crippen molar-refractivity contribution in [1.29, 1.82) is 0 Å². The molecule has 3 heterocycles. The second-order valence-electron chi connectivity index (χ2n) is 9.73. The molecule has 0 aliphatic rings. The zero-order valence-corrected chi connectivity index (χ0v) is 26.7. The van der Waals surface area contributed by atoms with Crippen LogP contribution in [-0.4, -0.2) is 29.1 Å². The Morgan fingerprint density at radius 3 is 1.19 bits per heavy atom. The maximum Gasteiger partial charge on any atom is 2.00 e. The number of hydrogen-bond donors (Lipinski definition) is 0. The Hall–Kier alpha value is -4.06. The van der Waals surface area contributed by atoms with Crippen molar-refractivity contribution in [2.24, 2.45) is 14.1 Å². The molecule has 14 nitrogen and oxygen atoms in total. The van der Waals surface area contributed by atoms with E-state index in [4.69, 9.17) is 57.2 Å². The molecule has 7 rings (SSSR count). The van der Waals surface area contributed by atoms with E-state index in [0.29, 0.717) is 0 Å². The van der Waals surface area contributed by atoms with Gasteiger partial charge in [0.1, 0.15) is 11.3 Å². The summed E-state index contributed by atoms with van der Waals surface area (Å²) in [7, 11) is -5.79. The summed E-state index contributed by atoms with van der Waals surface area (Å²) in [5, 5.41) is 3.87. The standard InChI is InChI=1S/C30H22N6.2ClHO4.Cu/c1-35-25-15-7-9-19-17-32-24-14-6-4-12-22(24)30-34-28-20(10-8-16-26(28)36(30)2)18-31-23-13-5-3-11-21(23)29(35)33-27(19)25;2*2-1(3,4)5;/h3-18H,1-2H3;2*(H,2,3,4,5);/q;;;+2/p-2. The fraction of sp³-hybridized carbons (Fsp3) is 0.0667. The van der Waals surface area contributed by atoms with E-state index in [-0.39, 0.29) is 17.1 Å². The first-order chi connectivity index (χ1) is 21.7. The molecule has 4 aromatic carbocycles. The molecule has 0 fully saturated rings. The summed E-state index contributed by atoms with van der Waals surface area (Å²) in [6, 6.07) is 28.6. The van der Waals surface area contributed by atoms with E-state index in [2.05, 4.69) is 45.5 Å². The molecule has 17 heteroatoms. The van der Waals surface area contributed by atoms with Crippen molar-refractivity contribution in [2.75, 3.05) is 0 Å². The molecular formula is C30H22Cl2CuN6O8. The molecule has 0 unspecified atom stereocenters. The Kier molecular flexibility index (Phi) is 10.9. The predicted molar refractivity (Wildman–Crippen MR) is 147 cm³/mol. The van der Waals surface area contributed by atoms with Crippen LogP contribution < -0.4 is 37.3 Å². The van der Waals surface area contributed by atoms with Crippen molar-refractivity contribution in [3.8, 4) is 0 Å². The number of halogens is 2. The van der Waals surface area contributed by atoms with Gasteiger partial charge < -0.3 is 9.13 Å². The molecule has 0 saturated carbocycles. The number of aromatic nitrogens is 6. The van der Waals surface area contributed by atoms with Crippen molar-refractivity contribution in [1.82, 2.24) is 29.1 Å². The van der Waals surface area contributed by atoms with E-state index in [0.717, 1.165) is 65.9 Å². The molecule has 0 N–H and O–H groups in total. The fourth-order valence-electron chi connectivity index (χ4n) is 4.99. The summed E-state index contributed by atoms with van der Waals surface area (Å²) in [6.45, 7) is 0. The molecule has 1 radical (unpaired) electrons. The molecule has 0 aliphatic carbocycles. The van der Waals surface area contributed by atoms with Gasteiger partial charge in [-0.15, -0.1) is 20.5 Å². The monoisotopic (exact) mass is 727 g/mol. The van der Waals surface area contributed by atoms with E-state index in [1.165, 1.54) is 0 Å². The van der Waals surface area contributed by atoms with Gasteiger partial charge in [0.25, 0.3) is 0 Å². The van der Waals surface area contributed by atoms with Crippen molar-refractivity contribution >= 4 is 65.9 Å². The van der Waals surface area contributed by atoms with Crippen LogP contribution >= 0.6 is 0 Å². The number of fused-ring (bicyclic) bond motifs is 6. The van der Waals surface area contributed by atoms with Gasteiger partial charge in [0, 0.05) is 48.0 Å². The second kappa shape index (κ2) is 14.4. The van der Waals surface area contributed by atoms with Gasteiger partial charge in [-0.3, -0.25) is 9.97 Å². The van der Waals surface area contributed by atoms with Crippen molar-refractivity contribution in [2.45, 2.75) is 0 Å². The van der Waals surface area contributed by atoms with Gasteiger partial charge in [0.05, 0.1) is 33.1 Å². The first kappa shape index (κ1) is 35.8. The predicted octanol–water partition coefficient (Wildman–Crippen LogP) is -2.97. The van der Waals surface area contributed by atoms with E-state index < -0.39 is 20.5 Å². The third-order valence-electron chi connectivity index (χ3n) is 6.86. The number of hydrogen-bond acceptors (Lipinski definition) is 12. The van der Waals surface area contributed by atoms with Gasteiger partial charge in [0.15, 0.2) is 0 Å². The Morgan fingerprint density at radius 1 is 0.489 bits per heavy atom. The van der Waals surface area contributed by atoms with Crippen LogP contribution in [0.1, 0.15) is 0 Å². The normalized spacial score (nSPS) is 11.4. The molecular weight excluding hydrogens is 707 g/mol. The summed E-state index contributed by atoms with van der Waals surface area (Å²) in [5.74, 6) is 0. The topological polar surface area (TPSA) is 246 Å². The zero-order valence-electron chi connectivity index (χ0n) is 24.2. The minimum Gasteiger partial charge on any atom is -0.327 e. The third-order valence-corrected chi connectivity index (χ3v) is 6.86. The van der Waals surface area contributed by atoms with Crippen LogP contribution in [-0.2, 0) is 31.2 Å². The number of aryl methyl sites for hydroxylation is 2. The van der Waals surface area contributed by atoms with Crippen molar-refractivity contribution in [3.05, 3.63) is 97.3 Å². The Labute approximate surface area is 280 Å². The van der Waals surface area contributed by atoms with Crippen LogP contribution in [0.3, 0.4) is 0 Å². The molecule has 245 valence electrons. The van der Waals surface area contributed by atoms with E-state index >= 15 is 0 Å². The first-order valence-electron chi connectivity index (χ1n) is 13.1. The number of imidazole rings is 2. The molecule has 4 bridgehead atoms. The molecule has 0 saturated heterocycles. The van der Waals surface area contributed by atoms with Crippen LogP contribution in [0.25, 0.3) is 65.9 Å². The van der Waals surface area contributed by atoms with Crippen LogP contribution in [0.15, 0.2) is 97.3 Å². The van der Waals surface area contributed by atoms with Crippen molar-refractivity contribution in [3.63, 3.8) is 0 Å². The summed E-state index contributed by atoms with van der Waals surface area (Å²) < 4.78 is 72.2. The summed E-state index contributed by atoms with van der Waals surface area (Å²) in [4.78, 5) is 20.0. The van der Waals surface area contributed by atoms with Crippen LogP contribution in [0.2, 0.25) is 0 Å². The average Bonchev–Trinajstić information content (AvgIpc) is 3.50. The summed E-state index contributed by atoms with van der Waals surface area (Å²) >= 11 is 0. The van der Waals surface area contributed by atoms with Gasteiger partial charge in [0.2, 0.25) is 0 Å². The quantitative estimate of drug-likeness (QED) is 0.142. The largest absolute Gasteiger partial charge is 2.00 e. The Morgan fingerprint density at radius 2 is 0.830 bits per heavy atom. The van der Waals surface area contributed by atoms with Crippen LogP contribution in [0, 0.1) is 20.5 Å². The number of nitrogens with zero attached hydrogens (tertiary/aromatic N) is 6. The summed E-state index contributed by atoms with van der Waals surface area (Å²) in [6.07, 6.45) is 3.81. The minimum absolute atomic E-state index is 0. The van der Waals surface area contributed by atoms with Gasteiger partial charge in [-0.1, -0.05) is 48.5 Å². The number of benzene rings is 4. The number of rotatable bonds is 0. The van der Waals surface area contributed by atoms with Crippen molar-refractivity contribution < 1.29 is 74.8 Å². The molecule has 0 amide bonds. The zero-order chi connectivity index (χ0) is 33.2. The van der Waals surface area contributed by atoms with E-state index in [1.807, 2.05) is 75.0 Å². The van der Waals surface area contributed by atoms with Gasteiger partial charge in [-0.05, 0) is 36.4 Å². The molecule has 47 heavy (non-hydrogen) atoms. The summed E-state index contributed by atoms with van der Waals surface area (Å²) in [5.41, 5.74) is 7.35. The molecule has 0 atom stereocenters. The SMILES string of the molecule is Cn1c2cccc3cnc4ccccc4c4nc5c(cccc5n4C)cnc4ccccc4c1nc32.[Cu+2].[O-][Cl+3]([O-])([O-])[O-].[O-][Cl+3]([O-])([O-])[O-]. The number of para-hydroxylation sites is 4. The Bertz CT molecular complexity index is 2150.